The van der Waals surface area contributed by atoms with Gasteiger partial charge in [0.2, 0.25) is 0 Å². The number of hydrogen-bond acceptors (Lipinski definition) is 10. The van der Waals surface area contributed by atoms with Gasteiger partial charge in [-0.15, -0.1) is 9.78 Å². The molecule has 2 aromatic heterocycles. The maximum atomic E-state index is 13.3. The first kappa shape index (κ1) is 27.4. The second-order valence-corrected chi connectivity index (χ2v) is 11.0. The number of carboxylic acid groups (broad SMARTS) is 1. The Bertz CT molecular complexity index is 1450. The van der Waals surface area contributed by atoms with Gasteiger partial charge in [0.1, 0.15) is 11.2 Å². The van der Waals surface area contributed by atoms with Crippen LogP contribution in [0.4, 0.5) is 25.9 Å². The number of benzene rings is 1. The van der Waals surface area contributed by atoms with E-state index in [9.17, 15) is 29.6 Å². The zero-order valence-electron chi connectivity index (χ0n) is 22.3. The first-order chi connectivity index (χ1) is 18.1. The monoisotopic (exact) mass is 540 g/mol. The van der Waals surface area contributed by atoms with Gasteiger partial charge >= 0.3 is 18.3 Å². The Morgan fingerprint density at radius 3 is 1.97 bits per heavy atom. The van der Waals surface area contributed by atoms with Crippen LogP contribution in [0.2, 0.25) is 0 Å². The SMILES string of the molecule is CC(C)(C)OC(=O)N(C(=O)OC(C)(C)C)c1nn(C(=O)O)c2nc(-c3ccc([N+](=O)[O-])cc3)nc(C3CC3)c12. The van der Waals surface area contributed by atoms with E-state index in [0.29, 0.717) is 20.8 Å². The third-order valence-electron chi connectivity index (χ3n) is 5.38. The van der Waals surface area contributed by atoms with E-state index in [4.69, 9.17) is 9.47 Å². The third kappa shape index (κ3) is 5.94. The fraction of sp³-hybridized carbons (Fsp3) is 0.440. The summed E-state index contributed by atoms with van der Waals surface area (Å²) in [5, 5.41) is 25.2. The van der Waals surface area contributed by atoms with Crippen LogP contribution in [0, 0.1) is 10.1 Å². The predicted molar refractivity (Wildman–Crippen MR) is 138 cm³/mol. The number of anilines is 1. The average molecular weight is 541 g/mol. The summed E-state index contributed by atoms with van der Waals surface area (Å²) in [6, 6.07) is 5.47. The molecule has 14 heteroatoms. The molecule has 2 heterocycles. The van der Waals surface area contributed by atoms with Crippen molar-refractivity contribution in [1.29, 1.82) is 0 Å². The molecule has 1 saturated carbocycles. The number of nitro groups is 1. The van der Waals surface area contributed by atoms with Crippen molar-refractivity contribution in [3.05, 3.63) is 40.1 Å². The van der Waals surface area contributed by atoms with Gasteiger partial charge in [0.25, 0.3) is 5.69 Å². The third-order valence-corrected chi connectivity index (χ3v) is 5.38. The minimum atomic E-state index is -1.52. The fourth-order valence-corrected chi connectivity index (χ4v) is 3.69. The number of amides is 2. The van der Waals surface area contributed by atoms with Gasteiger partial charge in [0.15, 0.2) is 17.3 Å². The Hall–Kier alpha value is -4.62. The van der Waals surface area contributed by atoms with E-state index >= 15 is 0 Å². The summed E-state index contributed by atoms with van der Waals surface area (Å²) in [6.45, 7) is 9.67. The lowest BCUT2D eigenvalue weighted by Crippen LogP contribution is -2.44. The molecule has 206 valence electrons. The van der Waals surface area contributed by atoms with Crippen LogP contribution in [0.3, 0.4) is 0 Å². The Labute approximate surface area is 222 Å². The smallest absolute Gasteiger partial charge is 0.434 e. The molecule has 14 nitrogen and oxygen atoms in total. The summed E-state index contributed by atoms with van der Waals surface area (Å²) in [4.78, 5) is 58.9. The van der Waals surface area contributed by atoms with Gasteiger partial charge in [-0.05, 0) is 66.5 Å². The molecule has 1 aliphatic rings. The zero-order valence-corrected chi connectivity index (χ0v) is 22.3. The summed E-state index contributed by atoms with van der Waals surface area (Å²) in [5.74, 6) is -0.348. The molecule has 0 saturated heterocycles. The van der Waals surface area contributed by atoms with E-state index in [1.54, 1.807) is 41.5 Å². The minimum absolute atomic E-state index is 0.0854. The lowest BCUT2D eigenvalue weighted by molar-refractivity contribution is -0.384. The number of nitro benzene ring substituents is 1. The average Bonchev–Trinajstić information content (AvgIpc) is 3.57. The fourth-order valence-electron chi connectivity index (χ4n) is 3.69. The minimum Gasteiger partial charge on any atom is -0.463 e. The molecule has 1 fully saturated rings. The summed E-state index contributed by atoms with van der Waals surface area (Å²) in [7, 11) is 0. The van der Waals surface area contributed by atoms with Crippen molar-refractivity contribution >= 4 is 40.8 Å². The molecule has 39 heavy (non-hydrogen) atoms. The van der Waals surface area contributed by atoms with Gasteiger partial charge in [-0.1, -0.05) is 0 Å². The predicted octanol–water partition coefficient (Wildman–Crippen LogP) is 5.48. The van der Waals surface area contributed by atoms with Gasteiger partial charge in [-0.2, -0.15) is 4.90 Å². The molecule has 0 unspecified atom stereocenters. The molecule has 1 N–H and O–H groups in total. The number of non-ortho nitro benzene ring substituents is 1. The molecule has 4 rings (SSSR count). The molecular weight excluding hydrogens is 512 g/mol. The van der Waals surface area contributed by atoms with Crippen molar-refractivity contribution in [2.24, 2.45) is 0 Å². The van der Waals surface area contributed by atoms with Crippen LogP contribution in [-0.2, 0) is 9.47 Å². The quantitative estimate of drug-likeness (QED) is 0.327. The number of aromatic nitrogens is 4. The van der Waals surface area contributed by atoms with E-state index in [2.05, 4.69) is 15.1 Å². The van der Waals surface area contributed by atoms with Crippen molar-refractivity contribution in [3.63, 3.8) is 0 Å². The van der Waals surface area contributed by atoms with Crippen molar-refractivity contribution in [2.45, 2.75) is 71.5 Å². The summed E-state index contributed by atoms with van der Waals surface area (Å²) in [5.41, 5.74) is -1.51. The second kappa shape index (κ2) is 9.60. The number of carbonyl (C=O) groups is 3. The molecule has 2 amide bonds. The van der Waals surface area contributed by atoms with Crippen molar-refractivity contribution in [1.82, 2.24) is 19.7 Å². The van der Waals surface area contributed by atoms with Crippen molar-refractivity contribution in [3.8, 4) is 11.4 Å². The topological polar surface area (TPSA) is 180 Å². The first-order valence-electron chi connectivity index (χ1n) is 12.1. The van der Waals surface area contributed by atoms with E-state index < -0.39 is 34.4 Å². The molecule has 1 aliphatic carbocycles. The van der Waals surface area contributed by atoms with Crippen LogP contribution in [0.1, 0.15) is 66.0 Å². The largest absolute Gasteiger partial charge is 0.463 e. The second-order valence-electron chi connectivity index (χ2n) is 11.0. The van der Waals surface area contributed by atoms with Crippen LogP contribution in [0.25, 0.3) is 22.4 Å². The molecule has 0 radical (unpaired) electrons. The Morgan fingerprint density at radius 1 is 1.00 bits per heavy atom. The summed E-state index contributed by atoms with van der Waals surface area (Å²) in [6.07, 6.45) is -2.30. The number of ether oxygens (including phenoxy) is 2. The van der Waals surface area contributed by atoms with Gasteiger partial charge in [0.05, 0.1) is 16.0 Å². The maximum Gasteiger partial charge on any atom is 0.434 e. The molecule has 0 atom stereocenters. The first-order valence-corrected chi connectivity index (χ1v) is 12.1. The lowest BCUT2D eigenvalue weighted by Gasteiger charge is -2.27. The van der Waals surface area contributed by atoms with Crippen molar-refractivity contribution in [2.75, 3.05) is 4.90 Å². The highest BCUT2D eigenvalue weighted by molar-refractivity contribution is 6.14. The number of carbonyl (C=O) groups excluding carboxylic acids is 2. The number of hydrogen-bond donors (Lipinski definition) is 1. The summed E-state index contributed by atoms with van der Waals surface area (Å²) >= 11 is 0. The number of fused-ring (bicyclic) bond motifs is 1. The van der Waals surface area contributed by atoms with E-state index in [1.807, 2.05) is 0 Å². The van der Waals surface area contributed by atoms with Crippen LogP contribution < -0.4 is 4.90 Å². The normalized spacial score (nSPS) is 13.7. The molecule has 0 aliphatic heterocycles. The molecule has 0 spiro atoms. The van der Waals surface area contributed by atoms with Crippen molar-refractivity contribution < 1.29 is 33.9 Å². The van der Waals surface area contributed by atoms with Crippen LogP contribution in [0.5, 0.6) is 0 Å². The Balaban J connectivity index is 1.97. The van der Waals surface area contributed by atoms with E-state index in [0.717, 1.165) is 12.8 Å². The highest BCUT2D eigenvalue weighted by Gasteiger charge is 2.40. The highest BCUT2D eigenvalue weighted by Crippen LogP contribution is 2.45. The Morgan fingerprint density at radius 2 is 1.54 bits per heavy atom. The summed E-state index contributed by atoms with van der Waals surface area (Å²) < 4.78 is 11.4. The Kier molecular flexibility index (Phi) is 6.75. The number of nitrogens with zero attached hydrogens (tertiary/aromatic N) is 6. The van der Waals surface area contributed by atoms with Gasteiger partial charge in [-0.25, -0.2) is 24.4 Å². The van der Waals surface area contributed by atoms with Crippen LogP contribution in [0.15, 0.2) is 24.3 Å². The van der Waals surface area contributed by atoms with Gasteiger partial charge in [-0.3, -0.25) is 10.1 Å². The van der Waals surface area contributed by atoms with E-state index in [-0.39, 0.29) is 34.3 Å². The van der Waals surface area contributed by atoms with Crippen LogP contribution in [-0.4, -0.2) is 59.3 Å². The highest BCUT2D eigenvalue weighted by atomic mass is 16.6. The number of rotatable bonds is 4. The number of imide groups is 1. The lowest BCUT2D eigenvalue weighted by atomic mass is 10.1. The van der Waals surface area contributed by atoms with Gasteiger partial charge in [0, 0.05) is 23.6 Å². The molecule has 1 aromatic carbocycles. The van der Waals surface area contributed by atoms with Gasteiger partial charge < -0.3 is 14.6 Å². The molecular formula is C25H28N6O8. The maximum absolute atomic E-state index is 13.3. The van der Waals surface area contributed by atoms with E-state index in [1.165, 1.54) is 24.3 Å². The molecule has 0 bridgehead atoms. The molecule has 3 aromatic rings. The standard InChI is InChI=1S/C25H28N6O8/c1-24(2,3)38-22(34)29(23(35)39-25(4,5)6)20-16-17(13-7-8-13)26-18(27-19(16)30(28-20)21(32)33)14-9-11-15(12-10-14)31(36)37/h9-13H,7-8H2,1-6H3,(H,32,33). The van der Waals surface area contributed by atoms with Crippen LogP contribution >= 0.6 is 0 Å². The zero-order chi connectivity index (χ0) is 28.9.